The largest absolute Gasteiger partial charge is 0.483 e. The highest BCUT2D eigenvalue weighted by atomic mass is 16.5. The summed E-state index contributed by atoms with van der Waals surface area (Å²) in [5.41, 5.74) is 5.38. The highest BCUT2D eigenvalue weighted by Crippen LogP contribution is 2.20. The molecule has 6 heteroatoms. The van der Waals surface area contributed by atoms with Crippen LogP contribution in [0.1, 0.15) is 34.8 Å². The summed E-state index contributed by atoms with van der Waals surface area (Å²) in [4.78, 5) is 23.2. The average molecular weight is 302 g/mol. The van der Waals surface area contributed by atoms with Gasteiger partial charge >= 0.3 is 0 Å². The molecule has 0 saturated heterocycles. The van der Waals surface area contributed by atoms with Gasteiger partial charge in [-0.05, 0) is 38.1 Å². The fourth-order valence-electron chi connectivity index (χ4n) is 1.96. The lowest BCUT2D eigenvalue weighted by atomic mass is 10.1. The maximum atomic E-state index is 12.4. The summed E-state index contributed by atoms with van der Waals surface area (Å²) in [5.74, 6) is 0.834. The number of nitrogens with two attached hydrogens (primary N) is 1. The Labute approximate surface area is 128 Å². The van der Waals surface area contributed by atoms with Crippen LogP contribution in [0.15, 0.2) is 40.8 Å². The summed E-state index contributed by atoms with van der Waals surface area (Å²) in [7, 11) is 0. The van der Waals surface area contributed by atoms with Crippen LogP contribution in [0.5, 0.6) is 5.75 Å². The van der Waals surface area contributed by atoms with Crippen molar-refractivity contribution in [2.24, 2.45) is 5.73 Å². The molecule has 1 unspecified atom stereocenters. The minimum atomic E-state index is -0.602. The van der Waals surface area contributed by atoms with Crippen LogP contribution < -0.4 is 15.8 Å². The van der Waals surface area contributed by atoms with Crippen LogP contribution in [0, 0.1) is 6.92 Å². The second-order valence-corrected chi connectivity index (χ2v) is 4.89. The van der Waals surface area contributed by atoms with Gasteiger partial charge in [0.05, 0.1) is 11.6 Å². The first kappa shape index (κ1) is 15.6. The van der Waals surface area contributed by atoms with Gasteiger partial charge in [-0.3, -0.25) is 9.59 Å². The number of carbonyl (C=O) groups excluding carboxylic acids is 2. The lowest BCUT2D eigenvalue weighted by Crippen LogP contribution is -2.27. The van der Waals surface area contributed by atoms with Gasteiger partial charge in [0.2, 0.25) is 0 Å². The molecule has 0 bridgehead atoms. The first-order valence-electron chi connectivity index (χ1n) is 6.84. The van der Waals surface area contributed by atoms with Crippen molar-refractivity contribution in [3.8, 4) is 5.75 Å². The smallest absolute Gasteiger partial charge is 0.255 e. The number of nitrogens with one attached hydrogen (secondary N) is 1. The van der Waals surface area contributed by atoms with Gasteiger partial charge in [-0.15, -0.1) is 0 Å². The highest BCUT2D eigenvalue weighted by Gasteiger charge is 2.17. The number of hydrogen-bond donors (Lipinski definition) is 2. The molecule has 22 heavy (non-hydrogen) atoms. The van der Waals surface area contributed by atoms with E-state index in [4.69, 9.17) is 14.9 Å². The predicted molar refractivity (Wildman–Crippen MR) is 80.5 cm³/mol. The molecule has 1 aromatic carbocycles. The summed E-state index contributed by atoms with van der Waals surface area (Å²) in [6.45, 7) is 3.38. The van der Waals surface area contributed by atoms with Crippen molar-refractivity contribution in [3.05, 3.63) is 53.5 Å². The molecule has 2 rings (SSSR count). The van der Waals surface area contributed by atoms with Crippen LogP contribution in [0.4, 0.5) is 0 Å². The zero-order chi connectivity index (χ0) is 16.1. The quantitative estimate of drug-likeness (QED) is 0.852. The van der Waals surface area contributed by atoms with E-state index in [2.05, 4.69) is 5.32 Å². The number of rotatable bonds is 6. The molecule has 2 amide bonds. The molecule has 2 aromatic rings. The number of para-hydroxylation sites is 1. The van der Waals surface area contributed by atoms with Crippen molar-refractivity contribution in [2.45, 2.75) is 19.9 Å². The minimum Gasteiger partial charge on any atom is -0.483 e. The van der Waals surface area contributed by atoms with Crippen molar-refractivity contribution in [2.75, 3.05) is 6.61 Å². The van der Waals surface area contributed by atoms with E-state index in [1.807, 2.05) is 26.0 Å². The Hall–Kier alpha value is -2.76. The number of primary amides is 1. The number of hydrogen-bond acceptors (Lipinski definition) is 4. The van der Waals surface area contributed by atoms with Crippen LogP contribution in [0.3, 0.4) is 0 Å². The first-order chi connectivity index (χ1) is 10.5. The Morgan fingerprint density at radius 3 is 2.64 bits per heavy atom. The van der Waals surface area contributed by atoms with Crippen LogP contribution in [0.2, 0.25) is 0 Å². The van der Waals surface area contributed by atoms with Crippen molar-refractivity contribution >= 4 is 11.8 Å². The number of furan rings is 1. The molecular weight excluding hydrogens is 284 g/mol. The van der Waals surface area contributed by atoms with E-state index in [0.29, 0.717) is 17.1 Å². The molecule has 6 nitrogen and oxygen atoms in total. The first-order valence-corrected chi connectivity index (χ1v) is 6.84. The van der Waals surface area contributed by atoms with Gasteiger partial charge in [-0.1, -0.05) is 12.1 Å². The van der Waals surface area contributed by atoms with E-state index < -0.39 is 5.91 Å². The Balaban J connectivity index is 2.10. The topological polar surface area (TPSA) is 94.6 Å². The van der Waals surface area contributed by atoms with Crippen LogP contribution in [0.25, 0.3) is 0 Å². The SMILES string of the molecule is Cc1ccc(C(C)NC(=O)c2ccccc2OCC(N)=O)o1. The molecule has 0 aliphatic rings. The van der Waals surface area contributed by atoms with Gasteiger partial charge < -0.3 is 20.2 Å². The molecule has 0 aliphatic carbocycles. The van der Waals surface area contributed by atoms with E-state index in [-0.39, 0.29) is 18.6 Å². The van der Waals surface area contributed by atoms with Crippen LogP contribution in [-0.2, 0) is 4.79 Å². The average Bonchev–Trinajstić information content (AvgIpc) is 2.92. The van der Waals surface area contributed by atoms with Gasteiger partial charge in [0.25, 0.3) is 11.8 Å². The zero-order valence-corrected chi connectivity index (χ0v) is 12.5. The fraction of sp³-hybridized carbons (Fsp3) is 0.250. The maximum absolute atomic E-state index is 12.4. The second kappa shape index (κ2) is 6.80. The Morgan fingerprint density at radius 1 is 1.27 bits per heavy atom. The molecule has 0 radical (unpaired) electrons. The molecule has 0 aliphatic heterocycles. The number of ether oxygens (including phenoxy) is 1. The van der Waals surface area contributed by atoms with E-state index in [1.54, 1.807) is 24.3 Å². The van der Waals surface area contributed by atoms with E-state index in [1.165, 1.54) is 0 Å². The molecular formula is C16H18N2O4. The predicted octanol–water partition coefficient (Wildman–Crippen LogP) is 1.94. The highest BCUT2D eigenvalue weighted by molar-refractivity contribution is 5.97. The zero-order valence-electron chi connectivity index (χ0n) is 12.5. The fourth-order valence-corrected chi connectivity index (χ4v) is 1.96. The standard InChI is InChI=1S/C16H18N2O4/c1-10-7-8-13(22-10)11(2)18-16(20)12-5-3-4-6-14(12)21-9-15(17)19/h3-8,11H,9H2,1-2H3,(H2,17,19)(H,18,20). The molecule has 0 fully saturated rings. The second-order valence-electron chi connectivity index (χ2n) is 4.89. The molecule has 1 aromatic heterocycles. The third kappa shape index (κ3) is 3.88. The number of carbonyl (C=O) groups is 2. The third-order valence-electron chi connectivity index (χ3n) is 3.04. The number of amides is 2. The van der Waals surface area contributed by atoms with Crippen molar-refractivity contribution in [3.63, 3.8) is 0 Å². The Bertz CT molecular complexity index is 678. The number of aryl methyl sites for hydroxylation is 1. The Kier molecular flexibility index (Phi) is 4.83. The van der Waals surface area contributed by atoms with Gasteiger partial charge in [-0.25, -0.2) is 0 Å². The number of benzene rings is 1. The van der Waals surface area contributed by atoms with Gasteiger partial charge in [-0.2, -0.15) is 0 Å². The monoisotopic (exact) mass is 302 g/mol. The summed E-state index contributed by atoms with van der Waals surface area (Å²) in [6.07, 6.45) is 0. The summed E-state index contributed by atoms with van der Waals surface area (Å²) < 4.78 is 10.7. The molecule has 1 atom stereocenters. The molecule has 0 saturated carbocycles. The van der Waals surface area contributed by atoms with Crippen LogP contribution >= 0.6 is 0 Å². The Morgan fingerprint density at radius 2 is 2.00 bits per heavy atom. The lowest BCUT2D eigenvalue weighted by molar-refractivity contribution is -0.119. The van der Waals surface area contributed by atoms with Crippen molar-refractivity contribution in [1.29, 1.82) is 0 Å². The van der Waals surface area contributed by atoms with E-state index >= 15 is 0 Å². The van der Waals surface area contributed by atoms with Crippen molar-refractivity contribution in [1.82, 2.24) is 5.32 Å². The molecule has 116 valence electrons. The lowest BCUT2D eigenvalue weighted by Gasteiger charge is -2.14. The minimum absolute atomic E-state index is 0.281. The van der Waals surface area contributed by atoms with Gasteiger partial charge in [0.15, 0.2) is 6.61 Å². The summed E-state index contributed by atoms with van der Waals surface area (Å²) in [5, 5.41) is 2.82. The third-order valence-corrected chi connectivity index (χ3v) is 3.04. The molecule has 0 spiro atoms. The van der Waals surface area contributed by atoms with Gasteiger partial charge in [0.1, 0.15) is 17.3 Å². The maximum Gasteiger partial charge on any atom is 0.255 e. The summed E-state index contributed by atoms with van der Waals surface area (Å²) >= 11 is 0. The summed E-state index contributed by atoms with van der Waals surface area (Å²) in [6, 6.07) is 10.0. The van der Waals surface area contributed by atoms with E-state index in [9.17, 15) is 9.59 Å². The van der Waals surface area contributed by atoms with Crippen molar-refractivity contribution < 1.29 is 18.7 Å². The van der Waals surface area contributed by atoms with Crippen LogP contribution in [-0.4, -0.2) is 18.4 Å². The molecule has 1 heterocycles. The molecule has 3 N–H and O–H groups in total. The normalized spacial score (nSPS) is 11.7. The van der Waals surface area contributed by atoms with E-state index in [0.717, 1.165) is 5.76 Å². The van der Waals surface area contributed by atoms with Gasteiger partial charge in [0, 0.05) is 0 Å².